The number of benzene rings is 3. The third-order valence-corrected chi connectivity index (χ3v) is 8.98. The van der Waals surface area contributed by atoms with Gasteiger partial charge in [0.15, 0.2) is 7.14 Å². The van der Waals surface area contributed by atoms with Gasteiger partial charge in [-0.25, -0.2) is 4.39 Å². The molecule has 1 heterocycles. The Balaban J connectivity index is 2.06. The molecule has 29 heavy (non-hydrogen) atoms. The summed E-state index contributed by atoms with van der Waals surface area (Å²) in [6.07, 6.45) is 0. The van der Waals surface area contributed by atoms with Crippen LogP contribution in [0.1, 0.15) is 15.9 Å². The summed E-state index contributed by atoms with van der Waals surface area (Å²) in [7, 11) is -4.07. The average Bonchev–Trinajstić information content (AvgIpc) is 3.35. The lowest BCUT2D eigenvalue weighted by Crippen LogP contribution is -2.39. The fraction of sp³-hybridized carbons (Fsp3) is 0.0417. The van der Waals surface area contributed by atoms with Crippen molar-refractivity contribution in [3.8, 4) is 0 Å². The topological polar surface area (TPSA) is 34.1 Å². The molecule has 1 atom stereocenters. The van der Waals surface area contributed by atoms with Crippen molar-refractivity contribution in [1.29, 1.82) is 0 Å². The Kier molecular flexibility index (Phi) is 5.31. The lowest BCUT2D eigenvalue weighted by atomic mass is 10.0. The number of hydrogen-bond donors (Lipinski definition) is 0. The van der Waals surface area contributed by atoms with Gasteiger partial charge < -0.3 is 4.57 Å². The molecule has 0 amide bonds. The molecular formula is C24H18FO2PS. The van der Waals surface area contributed by atoms with Crippen LogP contribution in [0.25, 0.3) is 0 Å². The summed E-state index contributed by atoms with van der Waals surface area (Å²) in [4.78, 5) is 13.6. The molecular weight excluding hydrogens is 402 g/mol. The van der Waals surface area contributed by atoms with E-state index in [0.717, 1.165) is 0 Å². The van der Waals surface area contributed by atoms with E-state index in [-0.39, 0.29) is 11.1 Å². The molecule has 5 heteroatoms. The van der Waals surface area contributed by atoms with Crippen LogP contribution in [-0.4, -0.2) is 5.78 Å². The quantitative estimate of drug-likeness (QED) is 0.293. The third-order valence-electron chi connectivity index (χ3n) is 4.91. The maximum atomic E-state index is 17.3. The monoisotopic (exact) mass is 420 g/mol. The first kappa shape index (κ1) is 19.5. The van der Waals surface area contributed by atoms with Gasteiger partial charge in [0.1, 0.15) is 0 Å². The molecule has 0 aliphatic rings. The Bertz CT molecular complexity index is 1100. The van der Waals surface area contributed by atoms with E-state index in [1.54, 1.807) is 108 Å². The maximum Gasteiger partial charge on any atom is 0.258 e. The second-order valence-electron chi connectivity index (χ2n) is 6.61. The van der Waals surface area contributed by atoms with E-state index in [0.29, 0.717) is 10.6 Å². The normalized spacial score (nSPS) is 13.6. The van der Waals surface area contributed by atoms with E-state index in [2.05, 4.69) is 0 Å². The minimum Gasteiger partial charge on any atom is -0.309 e. The average molecular weight is 420 g/mol. The van der Waals surface area contributed by atoms with Crippen LogP contribution in [0.3, 0.4) is 0 Å². The first-order valence-corrected chi connectivity index (χ1v) is 11.8. The lowest BCUT2D eigenvalue weighted by Gasteiger charge is -2.33. The smallest absolute Gasteiger partial charge is 0.258 e. The molecule has 0 radical (unpaired) electrons. The molecule has 0 fully saturated rings. The summed E-state index contributed by atoms with van der Waals surface area (Å²) in [6, 6.07) is 26.7. The highest BCUT2D eigenvalue weighted by molar-refractivity contribution is 7.80. The van der Waals surface area contributed by atoms with Crippen molar-refractivity contribution in [2.45, 2.75) is 5.41 Å². The molecule has 4 rings (SSSR count). The number of hydrogen-bond acceptors (Lipinski definition) is 3. The molecule has 4 aromatic rings. The van der Waals surface area contributed by atoms with Crippen LogP contribution in [0.2, 0.25) is 0 Å². The zero-order chi connectivity index (χ0) is 20.3. The summed E-state index contributed by atoms with van der Waals surface area (Å²) in [5.41, 5.74) is 0.306. The predicted octanol–water partition coefficient (Wildman–Crippen LogP) is 5.77. The van der Waals surface area contributed by atoms with Crippen LogP contribution < -0.4 is 10.6 Å². The third kappa shape index (κ3) is 3.19. The predicted molar refractivity (Wildman–Crippen MR) is 118 cm³/mol. The van der Waals surface area contributed by atoms with Crippen molar-refractivity contribution in [2.24, 2.45) is 0 Å². The fourth-order valence-electron chi connectivity index (χ4n) is 3.47. The summed E-state index contributed by atoms with van der Waals surface area (Å²) in [5, 5.41) is 1.16. The Morgan fingerprint density at radius 2 is 1.24 bits per heavy atom. The van der Waals surface area contributed by atoms with Gasteiger partial charge in [0.25, 0.3) is 5.41 Å². The number of Topliss-reactive ketones (excluding diaryl/α,β-unsaturated/α-hetero) is 1. The number of thiophene rings is 1. The van der Waals surface area contributed by atoms with Gasteiger partial charge in [0.2, 0.25) is 5.78 Å². The Labute approximate surface area is 173 Å². The standard InChI is InChI=1S/C24H18FO2PS/c25-24(20-16-17-29-18-20,23(26)19-10-4-1-5-11-19)28(27,21-12-6-2-7-13-21)22-14-8-3-9-15-22/h1-18H. The molecule has 2 nitrogen and oxygen atoms in total. The highest BCUT2D eigenvalue weighted by Crippen LogP contribution is 2.64. The summed E-state index contributed by atoms with van der Waals surface area (Å²) >= 11 is 1.27. The van der Waals surface area contributed by atoms with Gasteiger partial charge >= 0.3 is 0 Å². The van der Waals surface area contributed by atoms with E-state index >= 15 is 4.39 Å². The summed E-state index contributed by atoms with van der Waals surface area (Å²) in [6.45, 7) is 0. The summed E-state index contributed by atoms with van der Waals surface area (Å²) in [5.74, 6) is -0.799. The molecule has 1 aromatic heterocycles. The van der Waals surface area contributed by atoms with E-state index in [1.165, 1.54) is 11.3 Å². The van der Waals surface area contributed by atoms with Crippen molar-refractivity contribution in [3.05, 3.63) is 119 Å². The SMILES string of the molecule is O=C(c1ccccc1)C(F)(c1ccsc1)P(=O)(c1ccccc1)c1ccccc1. The molecule has 0 saturated heterocycles. The van der Waals surface area contributed by atoms with Crippen LogP contribution in [0.4, 0.5) is 4.39 Å². The van der Waals surface area contributed by atoms with E-state index < -0.39 is 18.3 Å². The molecule has 144 valence electrons. The number of ketones is 1. The Hall–Kier alpha value is -2.81. The zero-order valence-electron chi connectivity index (χ0n) is 15.4. The highest BCUT2D eigenvalue weighted by Gasteiger charge is 2.58. The van der Waals surface area contributed by atoms with Gasteiger partial charge in [-0.3, -0.25) is 4.79 Å². The maximum absolute atomic E-state index is 17.3. The van der Waals surface area contributed by atoms with Crippen molar-refractivity contribution < 1.29 is 13.8 Å². The molecule has 0 N–H and O–H groups in total. The second-order valence-corrected chi connectivity index (χ2v) is 10.3. The highest BCUT2D eigenvalue weighted by atomic mass is 32.1. The Morgan fingerprint density at radius 3 is 1.69 bits per heavy atom. The van der Waals surface area contributed by atoms with E-state index in [4.69, 9.17) is 0 Å². The van der Waals surface area contributed by atoms with Crippen molar-refractivity contribution in [1.82, 2.24) is 0 Å². The van der Waals surface area contributed by atoms with Crippen LogP contribution in [0.15, 0.2) is 108 Å². The molecule has 0 aliphatic carbocycles. The minimum atomic E-state index is -4.07. The lowest BCUT2D eigenvalue weighted by molar-refractivity contribution is 0.0825. The second kappa shape index (κ2) is 7.90. The first-order valence-electron chi connectivity index (χ1n) is 9.11. The van der Waals surface area contributed by atoms with Crippen molar-refractivity contribution in [3.63, 3.8) is 0 Å². The van der Waals surface area contributed by atoms with Crippen LogP contribution in [0.5, 0.6) is 0 Å². The molecule has 0 aliphatic heterocycles. The van der Waals surface area contributed by atoms with Gasteiger partial charge in [-0.15, -0.1) is 0 Å². The van der Waals surface area contributed by atoms with Gasteiger partial charge in [0.05, 0.1) is 0 Å². The molecule has 3 aromatic carbocycles. The Morgan fingerprint density at radius 1 is 0.759 bits per heavy atom. The molecule has 0 spiro atoms. The van der Waals surface area contributed by atoms with Crippen LogP contribution in [0, 0.1) is 0 Å². The number of carbonyl (C=O) groups excluding carboxylic acids is 1. The minimum absolute atomic E-state index is 0.118. The van der Waals surface area contributed by atoms with Gasteiger partial charge in [-0.2, -0.15) is 11.3 Å². The molecule has 0 saturated carbocycles. The number of rotatable bonds is 6. The summed E-state index contributed by atoms with van der Waals surface area (Å²) < 4.78 is 32.0. The van der Waals surface area contributed by atoms with E-state index in [1.807, 2.05) is 0 Å². The molecule has 1 unspecified atom stereocenters. The fourth-order valence-corrected chi connectivity index (χ4v) is 7.36. The van der Waals surface area contributed by atoms with Crippen molar-refractivity contribution in [2.75, 3.05) is 0 Å². The largest absolute Gasteiger partial charge is 0.309 e. The van der Waals surface area contributed by atoms with Crippen molar-refractivity contribution >= 4 is 34.9 Å². The number of alkyl halides is 1. The van der Waals surface area contributed by atoms with Gasteiger partial charge in [-0.05, 0) is 16.8 Å². The van der Waals surface area contributed by atoms with Gasteiger partial charge in [0, 0.05) is 21.7 Å². The van der Waals surface area contributed by atoms with E-state index in [9.17, 15) is 9.36 Å². The first-order chi connectivity index (χ1) is 14.1. The number of carbonyl (C=O) groups is 1. The van der Waals surface area contributed by atoms with Crippen LogP contribution in [-0.2, 0) is 9.97 Å². The van der Waals surface area contributed by atoms with Gasteiger partial charge in [-0.1, -0.05) is 91.0 Å². The molecule has 0 bridgehead atoms. The van der Waals surface area contributed by atoms with Crippen LogP contribution >= 0.6 is 18.5 Å². The zero-order valence-corrected chi connectivity index (χ0v) is 17.2. The number of halogens is 1.